The first kappa shape index (κ1) is 12.6. The molecule has 2 rings (SSSR count). The summed E-state index contributed by atoms with van der Waals surface area (Å²) in [7, 11) is 0. The van der Waals surface area contributed by atoms with Gasteiger partial charge in [-0.05, 0) is 30.5 Å². The van der Waals surface area contributed by atoms with Crippen LogP contribution in [0.4, 0.5) is 0 Å². The molecule has 1 atom stereocenters. The lowest BCUT2D eigenvalue weighted by Crippen LogP contribution is -2.46. The second-order valence-electron chi connectivity index (χ2n) is 4.85. The van der Waals surface area contributed by atoms with Crippen molar-refractivity contribution in [2.75, 3.05) is 26.2 Å². The van der Waals surface area contributed by atoms with Crippen LogP contribution in [0.1, 0.15) is 37.4 Å². The summed E-state index contributed by atoms with van der Waals surface area (Å²) >= 11 is 0. The van der Waals surface area contributed by atoms with E-state index in [1.807, 2.05) is 0 Å². The van der Waals surface area contributed by atoms with E-state index in [4.69, 9.17) is 0 Å². The van der Waals surface area contributed by atoms with Crippen LogP contribution >= 0.6 is 0 Å². The van der Waals surface area contributed by atoms with E-state index in [1.54, 1.807) is 0 Å². The summed E-state index contributed by atoms with van der Waals surface area (Å²) < 4.78 is 0. The van der Waals surface area contributed by atoms with Crippen LogP contribution in [-0.2, 0) is 6.42 Å². The molecule has 1 aromatic rings. The summed E-state index contributed by atoms with van der Waals surface area (Å²) in [5, 5.41) is 3.51. The van der Waals surface area contributed by atoms with Crippen molar-refractivity contribution in [3.05, 3.63) is 35.4 Å². The molecule has 0 aromatic heterocycles. The predicted octanol–water partition coefficient (Wildman–Crippen LogP) is 2.61. The summed E-state index contributed by atoms with van der Waals surface area (Å²) in [6.07, 6.45) is 2.37. The minimum atomic E-state index is 0.564. The third kappa shape index (κ3) is 3.08. The molecule has 0 amide bonds. The molecular weight excluding hydrogens is 208 g/mol. The van der Waals surface area contributed by atoms with E-state index in [-0.39, 0.29) is 0 Å². The van der Waals surface area contributed by atoms with Gasteiger partial charge in [-0.1, -0.05) is 38.1 Å². The standard InChI is InChI=1S/C15H24N2/c1-3-10-17-11-9-16-12-15(17)14-7-5-13(4-2)6-8-14/h5-8,15-16H,3-4,9-12H2,1-2H3. The molecule has 1 aliphatic rings. The molecule has 0 aliphatic carbocycles. The van der Waals surface area contributed by atoms with Gasteiger partial charge in [-0.15, -0.1) is 0 Å². The molecule has 2 nitrogen and oxygen atoms in total. The maximum atomic E-state index is 3.51. The average Bonchev–Trinajstić information content (AvgIpc) is 2.40. The van der Waals surface area contributed by atoms with Gasteiger partial charge in [0.15, 0.2) is 0 Å². The number of hydrogen-bond acceptors (Lipinski definition) is 2. The summed E-state index contributed by atoms with van der Waals surface area (Å²) in [6.45, 7) is 9.07. The molecular formula is C15H24N2. The van der Waals surface area contributed by atoms with Crippen molar-refractivity contribution in [3.8, 4) is 0 Å². The first-order chi connectivity index (χ1) is 8.35. The number of piperazine rings is 1. The molecule has 1 aromatic carbocycles. The van der Waals surface area contributed by atoms with Crippen molar-refractivity contribution in [3.63, 3.8) is 0 Å². The smallest absolute Gasteiger partial charge is 0.0473 e. The van der Waals surface area contributed by atoms with E-state index >= 15 is 0 Å². The molecule has 0 bridgehead atoms. The molecule has 1 aliphatic heterocycles. The van der Waals surface area contributed by atoms with Gasteiger partial charge in [0, 0.05) is 25.7 Å². The fourth-order valence-electron chi connectivity index (χ4n) is 2.61. The lowest BCUT2D eigenvalue weighted by Gasteiger charge is -2.36. The van der Waals surface area contributed by atoms with Crippen LogP contribution in [-0.4, -0.2) is 31.1 Å². The molecule has 94 valence electrons. The molecule has 0 spiro atoms. The molecule has 1 heterocycles. The average molecular weight is 232 g/mol. The fraction of sp³-hybridized carbons (Fsp3) is 0.600. The normalized spacial score (nSPS) is 21.6. The van der Waals surface area contributed by atoms with Gasteiger partial charge in [0.1, 0.15) is 0 Å². The minimum Gasteiger partial charge on any atom is -0.314 e. The second kappa shape index (κ2) is 6.18. The first-order valence-corrected chi connectivity index (χ1v) is 6.88. The van der Waals surface area contributed by atoms with Crippen LogP contribution < -0.4 is 5.32 Å². The zero-order chi connectivity index (χ0) is 12.1. The Bertz CT molecular complexity index is 329. The maximum Gasteiger partial charge on any atom is 0.0473 e. The van der Waals surface area contributed by atoms with Gasteiger partial charge in [-0.25, -0.2) is 0 Å². The number of hydrogen-bond donors (Lipinski definition) is 1. The van der Waals surface area contributed by atoms with E-state index in [9.17, 15) is 0 Å². The number of aryl methyl sites for hydroxylation is 1. The van der Waals surface area contributed by atoms with Gasteiger partial charge in [-0.2, -0.15) is 0 Å². The van der Waals surface area contributed by atoms with Gasteiger partial charge in [0.2, 0.25) is 0 Å². The molecule has 2 heteroatoms. The third-order valence-electron chi connectivity index (χ3n) is 3.64. The highest BCUT2D eigenvalue weighted by molar-refractivity contribution is 5.25. The van der Waals surface area contributed by atoms with Crippen molar-refractivity contribution in [2.45, 2.75) is 32.7 Å². The molecule has 0 radical (unpaired) electrons. The van der Waals surface area contributed by atoms with E-state index in [0.717, 1.165) is 19.5 Å². The van der Waals surface area contributed by atoms with Crippen LogP contribution in [0.25, 0.3) is 0 Å². The zero-order valence-corrected chi connectivity index (χ0v) is 11.1. The zero-order valence-electron chi connectivity index (χ0n) is 11.1. The van der Waals surface area contributed by atoms with Crippen molar-refractivity contribution in [2.24, 2.45) is 0 Å². The molecule has 0 saturated carbocycles. The van der Waals surface area contributed by atoms with Crippen molar-refractivity contribution in [1.82, 2.24) is 10.2 Å². The molecule has 1 unspecified atom stereocenters. The van der Waals surface area contributed by atoms with Crippen molar-refractivity contribution >= 4 is 0 Å². The highest BCUT2D eigenvalue weighted by Crippen LogP contribution is 2.22. The summed E-state index contributed by atoms with van der Waals surface area (Å²) in [4.78, 5) is 2.61. The Kier molecular flexibility index (Phi) is 4.57. The Morgan fingerprint density at radius 1 is 1.24 bits per heavy atom. The van der Waals surface area contributed by atoms with E-state index < -0.39 is 0 Å². The van der Waals surface area contributed by atoms with Gasteiger partial charge in [0.25, 0.3) is 0 Å². The molecule has 1 saturated heterocycles. The Morgan fingerprint density at radius 2 is 2.00 bits per heavy atom. The molecule has 1 N–H and O–H groups in total. The lowest BCUT2D eigenvalue weighted by atomic mass is 10.0. The van der Waals surface area contributed by atoms with E-state index in [0.29, 0.717) is 6.04 Å². The van der Waals surface area contributed by atoms with Gasteiger partial charge in [-0.3, -0.25) is 4.90 Å². The topological polar surface area (TPSA) is 15.3 Å². The highest BCUT2D eigenvalue weighted by atomic mass is 15.2. The number of rotatable bonds is 4. The van der Waals surface area contributed by atoms with Gasteiger partial charge in [0.05, 0.1) is 0 Å². The van der Waals surface area contributed by atoms with Crippen LogP contribution in [0, 0.1) is 0 Å². The number of nitrogens with one attached hydrogen (secondary N) is 1. The largest absolute Gasteiger partial charge is 0.314 e. The first-order valence-electron chi connectivity index (χ1n) is 6.88. The van der Waals surface area contributed by atoms with E-state index in [1.165, 1.54) is 30.6 Å². The summed E-state index contributed by atoms with van der Waals surface area (Å²) in [6, 6.07) is 9.72. The van der Waals surface area contributed by atoms with Crippen LogP contribution in [0.15, 0.2) is 24.3 Å². The lowest BCUT2D eigenvalue weighted by molar-refractivity contribution is 0.162. The van der Waals surface area contributed by atoms with Crippen molar-refractivity contribution < 1.29 is 0 Å². The van der Waals surface area contributed by atoms with Crippen LogP contribution in [0.5, 0.6) is 0 Å². The highest BCUT2D eigenvalue weighted by Gasteiger charge is 2.22. The minimum absolute atomic E-state index is 0.564. The number of benzene rings is 1. The SMILES string of the molecule is CCCN1CCNCC1c1ccc(CC)cc1. The summed E-state index contributed by atoms with van der Waals surface area (Å²) in [5.74, 6) is 0. The Hall–Kier alpha value is -0.860. The Labute approximate surface area is 105 Å². The molecule has 1 fully saturated rings. The van der Waals surface area contributed by atoms with Crippen LogP contribution in [0.2, 0.25) is 0 Å². The monoisotopic (exact) mass is 232 g/mol. The Balaban J connectivity index is 2.11. The van der Waals surface area contributed by atoms with Crippen molar-refractivity contribution in [1.29, 1.82) is 0 Å². The van der Waals surface area contributed by atoms with E-state index in [2.05, 4.69) is 48.3 Å². The fourth-order valence-corrected chi connectivity index (χ4v) is 2.61. The predicted molar refractivity (Wildman–Crippen MR) is 73.3 cm³/mol. The van der Waals surface area contributed by atoms with Gasteiger partial charge < -0.3 is 5.32 Å². The van der Waals surface area contributed by atoms with Crippen LogP contribution in [0.3, 0.4) is 0 Å². The quantitative estimate of drug-likeness (QED) is 0.858. The third-order valence-corrected chi connectivity index (χ3v) is 3.64. The van der Waals surface area contributed by atoms with Gasteiger partial charge >= 0.3 is 0 Å². The second-order valence-corrected chi connectivity index (χ2v) is 4.85. The Morgan fingerprint density at radius 3 is 2.65 bits per heavy atom. The summed E-state index contributed by atoms with van der Waals surface area (Å²) in [5.41, 5.74) is 2.89. The number of nitrogens with zero attached hydrogens (tertiary/aromatic N) is 1. The molecule has 17 heavy (non-hydrogen) atoms. The maximum absolute atomic E-state index is 3.51.